The van der Waals surface area contributed by atoms with Crippen LogP contribution in [-0.2, 0) is 10.0 Å². The number of amides is 1. The topological polar surface area (TPSA) is 102 Å². The van der Waals surface area contributed by atoms with E-state index in [-0.39, 0.29) is 11.3 Å². The highest BCUT2D eigenvalue weighted by Crippen LogP contribution is 2.26. The largest absolute Gasteiger partial charge is 0.395 e. The van der Waals surface area contributed by atoms with Crippen molar-refractivity contribution in [3.8, 4) is 11.1 Å². The molecule has 1 heterocycles. The van der Waals surface area contributed by atoms with Gasteiger partial charge in [-0.1, -0.05) is 6.07 Å². The minimum absolute atomic E-state index is 0.0733. The molecule has 0 saturated heterocycles. The first-order valence-electron chi connectivity index (χ1n) is 6.21. The number of anilines is 1. The molecule has 0 fully saturated rings. The number of sulfonamides is 1. The number of nitrogens with zero attached hydrogens (tertiary/aromatic N) is 1. The number of benzene rings is 1. The summed E-state index contributed by atoms with van der Waals surface area (Å²) in [5, 5.41) is 0. The lowest BCUT2D eigenvalue weighted by atomic mass is 9.99. The maximum atomic E-state index is 13.1. The summed E-state index contributed by atoms with van der Waals surface area (Å²) >= 11 is 0. The number of rotatable bonds is 3. The van der Waals surface area contributed by atoms with E-state index >= 15 is 0 Å². The molecule has 0 radical (unpaired) electrons. The molecule has 0 aliphatic carbocycles. The van der Waals surface area contributed by atoms with Crippen molar-refractivity contribution in [2.45, 2.75) is 6.92 Å². The highest BCUT2D eigenvalue weighted by atomic mass is 32.2. The lowest BCUT2D eigenvalue weighted by molar-refractivity contribution is 0.0981. The van der Waals surface area contributed by atoms with Crippen molar-refractivity contribution in [3.63, 3.8) is 0 Å². The summed E-state index contributed by atoms with van der Waals surface area (Å²) in [6.45, 7) is 1.74. The number of carbonyl (C=O) groups is 1. The van der Waals surface area contributed by atoms with E-state index in [1.54, 1.807) is 13.0 Å². The molecule has 0 spiro atoms. The van der Waals surface area contributed by atoms with Gasteiger partial charge >= 0.3 is 0 Å². The van der Waals surface area contributed by atoms with E-state index in [0.29, 0.717) is 11.1 Å². The van der Waals surface area contributed by atoms with Gasteiger partial charge in [-0.25, -0.2) is 18.1 Å². The van der Waals surface area contributed by atoms with Crippen LogP contribution in [0.4, 0.5) is 10.1 Å². The van der Waals surface area contributed by atoms with Crippen LogP contribution in [0.2, 0.25) is 0 Å². The average molecular weight is 323 g/mol. The maximum Gasteiger partial charge on any atom is 0.264 e. The van der Waals surface area contributed by atoms with Crippen molar-refractivity contribution in [1.82, 2.24) is 9.71 Å². The quantitative estimate of drug-likeness (QED) is 0.833. The van der Waals surface area contributed by atoms with E-state index in [1.807, 2.05) is 4.72 Å². The van der Waals surface area contributed by atoms with E-state index in [2.05, 4.69) is 4.98 Å². The molecule has 0 bridgehead atoms. The van der Waals surface area contributed by atoms with Crippen molar-refractivity contribution in [2.75, 3.05) is 12.0 Å². The number of pyridine rings is 1. The van der Waals surface area contributed by atoms with Crippen LogP contribution in [0.3, 0.4) is 0 Å². The molecule has 0 aliphatic heterocycles. The second-order valence-corrected chi connectivity index (χ2v) is 6.59. The van der Waals surface area contributed by atoms with Gasteiger partial charge in [0.25, 0.3) is 5.91 Å². The van der Waals surface area contributed by atoms with Crippen LogP contribution < -0.4 is 10.5 Å². The van der Waals surface area contributed by atoms with Crippen LogP contribution in [0, 0.1) is 12.9 Å². The summed E-state index contributed by atoms with van der Waals surface area (Å²) in [5.74, 6) is -1.46. The van der Waals surface area contributed by atoms with Crippen LogP contribution >= 0.6 is 0 Å². The van der Waals surface area contributed by atoms with Gasteiger partial charge in [0.1, 0.15) is 0 Å². The molecule has 1 aromatic carbocycles. The molecule has 0 aliphatic rings. The molecular formula is C14H14FN3O3S. The number of nitrogen functional groups attached to an aromatic ring is 1. The van der Waals surface area contributed by atoms with Crippen LogP contribution in [-0.4, -0.2) is 25.6 Å². The number of nitrogens with two attached hydrogens (primary N) is 1. The van der Waals surface area contributed by atoms with Gasteiger partial charge in [-0.15, -0.1) is 0 Å². The Morgan fingerprint density at radius 1 is 1.32 bits per heavy atom. The molecule has 2 aromatic rings. The Kier molecular flexibility index (Phi) is 4.14. The molecule has 6 nitrogen and oxygen atoms in total. The summed E-state index contributed by atoms with van der Waals surface area (Å²) in [7, 11) is -3.62. The predicted molar refractivity (Wildman–Crippen MR) is 81.1 cm³/mol. The molecule has 8 heteroatoms. The fraction of sp³-hybridized carbons (Fsp3) is 0.143. The third kappa shape index (κ3) is 3.59. The molecule has 22 heavy (non-hydrogen) atoms. The van der Waals surface area contributed by atoms with Gasteiger partial charge in [0, 0.05) is 17.3 Å². The summed E-state index contributed by atoms with van der Waals surface area (Å²) in [6, 6.07) is 6.08. The monoisotopic (exact) mass is 323 g/mol. The number of hydrogen-bond donors (Lipinski definition) is 2. The van der Waals surface area contributed by atoms with Gasteiger partial charge in [0.2, 0.25) is 16.0 Å². The van der Waals surface area contributed by atoms with Gasteiger partial charge in [0.15, 0.2) is 0 Å². The summed E-state index contributed by atoms with van der Waals surface area (Å²) in [6.07, 6.45) is 2.24. The molecule has 0 saturated carbocycles. The van der Waals surface area contributed by atoms with E-state index in [9.17, 15) is 17.6 Å². The second-order valence-electron chi connectivity index (χ2n) is 4.84. The Balaban J connectivity index is 2.38. The number of halogens is 1. The highest BCUT2D eigenvalue weighted by molar-refractivity contribution is 7.89. The van der Waals surface area contributed by atoms with Gasteiger partial charge in [0.05, 0.1) is 11.9 Å². The van der Waals surface area contributed by atoms with Crippen molar-refractivity contribution in [2.24, 2.45) is 0 Å². The van der Waals surface area contributed by atoms with Crippen LogP contribution in [0.25, 0.3) is 11.1 Å². The van der Waals surface area contributed by atoms with Crippen molar-refractivity contribution >= 4 is 21.6 Å². The first-order valence-corrected chi connectivity index (χ1v) is 8.10. The van der Waals surface area contributed by atoms with Crippen LogP contribution in [0.5, 0.6) is 0 Å². The SMILES string of the molecule is Cc1cc(C(=O)NS(C)(=O)=O)ccc1-c1cnc(F)c(N)c1. The van der Waals surface area contributed by atoms with Crippen molar-refractivity contribution in [3.05, 3.63) is 47.5 Å². The first kappa shape index (κ1) is 15.9. The standard InChI is InChI=1S/C14H14FN3O3S/c1-8-5-9(14(19)18-22(2,20)21)3-4-11(8)10-6-12(16)13(15)17-7-10/h3-7H,16H2,1-2H3,(H,18,19). The zero-order valence-electron chi connectivity index (χ0n) is 11.9. The zero-order valence-corrected chi connectivity index (χ0v) is 12.7. The lowest BCUT2D eigenvalue weighted by Crippen LogP contribution is -2.29. The summed E-state index contributed by atoms with van der Waals surface area (Å²) in [5.41, 5.74) is 7.64. The first-order chi connectivity index (χ1) is 10.2. The average Bonchev–Trinajstić information content (AvgIpc) is 2.40. The fourth-order valence-electron chi connectivity index (χ4n) is 1.97. The van der Waals surface area contributed by atoms with Gasteiger partial charge in [-0.3, -0.25) is 4.79 Å². The smallest absolute Gasteiger partial charge is 0.264 e. The highest BCUT2D eigenvalue weighted by Gasteiger charge is 2.13. The molecule has 116 valence electrons. The van der Waals surface area contributed by atoms with E-state index < -0.39 is 21.9 Å². The molecule has 0 unspecified atom stereocenters. The minimum Gasteiger partial charge on any atom is -0.395 e. The lowest BCUT2D eigenvalue weighted by Gasteiger charge is -2.09. The predicted octanol–water partition coefficient (Wildman–Crippen LogP) is 1.47. The zero-order chi connectivity index (χ0) is 16.5. The Hall–Kier alpha value is -2.48. The van der Waals surface area contributed by atoms with Gasteiger partial charge in [-0.05, 0) is 36.2 Å². The Labute approximate surface area is 127 Å². The number of aryl methyl sites for hydroxylation is 1. The third-order valence-corrected chi connectivity index (χ3v) is 3.50. The molecule has 1 amide bonds. The number of hydrogen-bond acceptors (Lipinski definition) is 5. The van der Waals surface area contributed by atoms with Crippen molar-refractivity contribution in [1.29, 1.82) is 0 Å². The number of aromatic nitrogens is 1. The molecule has 0 atom stereocenters. The summed E-state index contributed by atoms with van der Waals surface area (Å²) in [4.78, 5) is 15.3. The molecule has 1 aromatic heterocycles. The van der Waals surface area contributed by atoms with Crippen LogP contribution in [0.15, 0.2) is 30.5 Å². The molecule has 2 rings (SSSR count). The number of nitrogens with one attached hydrogen (secondary N) is 1. The number of carbonyl (C=O) groups excluding carboxylic acids is 1. The van der Waals surface area contributed by atoms with Gasteiger partial charge in [-0.2, -0.15) is 4.39 Å². The third-order valence-electron chi connectivity index (χ3n) is 2.94. The normalized spacial score (nSPS) is 11.2. The minimum atomic E-state index is -3.62. The molecule has 3 N–H and O–H groups in total. The second kappa shape index (κ2) is 5.72. The van der Waals surface area contributed by atoms with E-state index in [4.69, 9.17) is 5.73 Å². The van der Waals surface area contributed by atoms with Crippen molar-refractivity contribution < 1.29 is 17.6 Å². The van der Waals surface area contributed by atoms with E-state index in [1.165, 1.54) is 24.4 Å². The van der Waals surface area contributed by atoms with Gasteiger partial charge < -0.3 is 5.73 Å². The van der Waals surface area contributed by atoms with E-state index in [0.717, 1.165) is 11.8 Å². The Morgan fingerprint density at radius 2 is 2.00 bits per heavy atom. The van der Waals surface area contributed by atoms with Crippen LogP contribution in [0.1, 0.15) is 15.9 Å². The Morgan fingerprint density at radius 3 is 2.55 bits per heavy atom. The fourth-order valence-corrected chi connectivity index (χ4v) is 2.42. The summed E-state index contributed by atoms with van der Waals surface area (Å²) < 4.78 is 37.1. The maximum absolute atomic E-state index is 13.1. The molecular weight excluding hydrogens is 309 g/mol. The Bertz CT molecular complexity index is 850.